The van der Waals surface area contributed by atoms with Crippen molar-refractivity contribution in [3.05, 3.63) is 0 Å². The minimum atomic E-state index is -0.145. The van der Waals surface area contributed by atoms with E-state index in [4.69, 9.17) is 0 Å². The van der Waals surface area contributed by atoms with Crippen molar-refractivity contribution in [3.63, 3.8) is 0 Å². The number of carbonyl (C=O) groups is 2. The third kappa shape index (κ3) is 4.91. The molecule has 14 heavy (non-hydrogen) atoms. The largest absolute Gasteiger partial charge is 0.355 e. The van der Waals surface area contributed by atoms with Crippen LogP contribution in [0.25, 0.3) is 0 Å². The van der Waals surface area contributed by atoms with Gasteiger partial charge in [0, 0.05) is 29.1 Å². The summed E-state index contributed by atoms with van der Waals surface area (Å²) in [6, 6.07) is 0. The molecule has 0 aliphatic carbocycles. The molecule has 1 heterocycles. The van der Waals surface area contributed by atoms with E-state index in [-0.39, 0.29) is 18.1 Å². The van der Waals surface area contributed by atoms with Crippen molar-refractivity contribution in [2.24, 2.45) is 0 Å². The first-order chi connectivity index (χ1) is 6.68. The predicted molar refractivity (Wildman–Crippen MR) is 61.9 cm³/mol. The molecule has 1 aliphatic rings. The molecule has 0 aromatic rings. The van der Waals surface area contributed by atoms with E-state index in [1.165, 1.54) is 12.7 Å². The molecular formula is C9H15NO2S2. The van der Waals surface area contributed by atoms with Gasteiger partial charge in [-0.25, -0.2) is 0 Å². The third-order valence-corrected chi connectivity index (χ3v) is 4.67. The van der Waals surface area contributed by atoms with Crippen molar-refractivity contribution in [1.82, 2.24) is 5.32 Å². The molecule has 1 rings (SSSR count). The van der Waals surface area contributed by atoms with E-state index in [1.807, 2.05) is 23.5 Å². The van der Waals surface area contributed by atoms with Crippen molar-refractivity contribution in [3.8, 4) is 0 Å². The number of carbonyl (C=O) groups excluding carboxylic acids is 2. The lowest BCUT2D eigenvalue weighted by atomic mass is 10.3. The molecule has 0 aromatic carbocycles. The smallest absolute Gasteiger partial charge is 0.227 e. The summed E-state index contributed by atoms with van der Waals surface area (Å²) in [4.78, 5) is 21.8. The van der Waals surface area contributed by atoms with Gasteiger partial charge < -0.3 is 5.32 Å². The molecule has 3 nitrogen and oxygen atoms in total. The third-order valence-electron chi connectivity index (χ3n) is 1.82. The monoisotopic (exact) mass is 233 g/mol. The molecule has 0 spiro atoms. The van der Waals surface area contributed by atoms with Gasteiger partial charge in [-0.15, -0.1) is 0 Å². The Morgan fingerprint density at radius 1 is 1.43 bits per heavy atom. The van der Waals surface area contributed by atoms with Crippen LogP contribution in [0.2, 0.25) is 0 Å². The highest BCUT2D eigenvalue weighted by atomic mass is 32.2. The number of rotatable bonds is 4. The summed E-state index contributed by atoms with van der Waals surface area (Å²) in [6.45, 7) is 2.13. The van der Waals surface area contributed by atoms with Crippen LogP contribution in [0, 0.1) is 0 Å². The molecule has 1 saturated heterocycles. The highest BCUT2D eigenvalue weighted by Crippen LogP contribution is 2.23. The van der Waals surface area contributed by atoms with Crippen molar-refractivity contribution >= 4 is 35.2 Å². The van der Waals surface area contributed by atoms with Gasteiger partial charge in [0.25, 0.3) is 0 Å². The molecule has 1 unspecified atom stereocenters. The first-order valence-electron chi connectivity index (χ1n) is 4.64. The normalized spacial score (nSPS) is 21.6. The molecule has 1 aliphatic heterocycles. The van der Waals surface area contributed by atoms with Gasteiger partial charge in [0.15, 0.2) is 0 Å². The van der Waals surface area contributed by atoms with Crippen LogP contribution in [0.15, 0.2) is 0 Å². The highest BCUT2D eigenvalue weighted by Gasteiger charge is 2.15. The zero-order valence-electron chi connectivity index (χ0n) is 8.25. The fraction of sp³-hybridized carbons (Fsp3) is 0.778. The zero-order valence-corrected chi connectivity index (χ0v) is 9.88. The summed E-state index contributed by atoms with van der Waals surface area (Å²) in [5, 5.41) is 3.31. The van der Waals surface area contributed by atoms with Crippen LogP contribution in [0.3, 0.4) is 0 Å². The van der Waals surface area contributed by atoms with Crippen LogP contribution in [-0.4, -0.2) is 40.7 Å². The van der Waals surface area contributed by atoms with E-state index in [0.717, 1.165) is 11.5 Å². The summed E-state index contributed by atoms with van der Waals surface area (Å²) >= 11 is 3.83. The van der Waals surface area contributed by atoms with Crippen molar-refractivity contribution < 1.29 is 9.59 Å². The van der Waals surface area contributed by atoms with Crippen molar-refractivity contribution in [1.29, 1.82) is 0 Å². The molecule has 1 atom stereocenters. The summed E-state index contributed by atoms with van der Waals surface area (Å²) in [5.41, 5.74) is 0. The molecule has 80 valence electrons. The highest BCUT2D eigenvalue weighted by molar-refractivity contribution is 8.06. The Morgan fingerprint density at radius 3 is 2.79 bits per heavy atom. The molecule has 0 bridgehead atoms. The number of nitrogens with one attached hydrogen (secondary N) is 1. The number of amides is 1. The number of Topliss-reactive ketones (excluding diaryl/α,β-unsaturated/α-hetero) is 1. The van der Waals surface area contributed by atoms with Crippen LogP contribution >= 0.6 is 23.5 Å². The molecule has 0 saturated carbocycles. The first kappa shape index (κ1) is 11.9. The minimum Gasteiger partial charge on any atom is -0.355 e. The fourth-order valence-electron chi connectivity index (χ4n) is 1.17. The SMILES string of the molecule is CC(=O)CC(=O)NCC1CSCCS1. The number of hydrogen-bond donors (Lipinski definition) is 1. The molecular weight excluding hydrogens is 218 g/mol. The zero-order chi connectivity index (χ0) is 10.4. The topological polar surface area (TPSA) is 46.2 Å². The van der Waals surface area contributed by atoms with E-state index in [9.17, 15) is 9.59 Å². The first-order valence-corrected chi connectivity index (χ1v) is 6.84. The Bertz CT molecular complexity index is 215. The summed E-state index contributed by atoms with van der Waals surface area (Å²) in [6.07, 6.45) is 0.0184. The maximum atomic E-state index is 11.1. The Kier molecular flexibility index (Phi) is 5.40. The Hall–Kier alpha value is -0.160. The lowest BCUT2D eigenvalue weighted by Crippen LogP contribution is -2.34. The Balaban J connectivity index is 2.12. The molecule has 5 heteroatoms. The molecule has 0 radical (unpaired) electrons. The van der Waals surface area contributed by atoms with Gasteiger partial charge in [0.1, 0.15) is 5.78 Å². The lowest BCUT2D eigenvalue weighted by Gasteiger charge is -2.20. The Labute approximate surface area is 92.8 Å². The van der Waals surface area contributed by atoms with Crippen LogP contribution in [0.4, 0.5) is 0 Å². The molecule has 1 N–H and O–H groups in total. The summed E-state index contributed by atoms with van der Waals surface area (Å²) in [7, 11) is 0. The van der Waals surface area contributed by atoms with Gasteiger partial charge in [0.05, 0.1) is 6.42 Å². The average molecular weight is 233 g/mol. The van der Waals surface area contributed by atoms with Gasteiger partial charge in [-0.05, 0) is 6.92 Å². The maximum absolute atomic E-state index is 11.1. The van der Waals surface area contributed by atoms with Gasteiger partial charge >= 0.3 is 0 Å². The fourth-order valence-corrected chi connectivity index (χ4v) is 3.78. The minimum absolute atomic E-state index is 0.0184. The molecule has 1 fully saturated rings. The van der Waals surface area contributed by atoms with Gasteiger partial charge in [-0.1, -0.05) is 0 Å². The van der Waals surface area contributed by atoms with E-state index in [0.29, 0.717) is 11.8 Å². The van der Waals surface area contributed by atoms with Gasteiger partial charge in [0.2, 0.25) is 5.91 Å². The standard InChI is InChI=1S/C9H15NO2S2/c1-7(11)4-9(12)10-5-8-6-13-2-3-14-8/h8H,2-6H2,1H3,(H,10,12). The van der Waals surface area contributed by atoms with E-state index >= 15 is 0 Å². The van der Waals surface area contributed by atoms with Gasteiger partial charge in [-0.2, -0.15) is 23.5 Å². The maximum Gasteiger partial charge on any atom is 0.227 e. The number of thioether (sulfide) groups is 2. The van der Waals surface area contributed by atoms with Crippen molar-refractivity contribution in [2.45, 2.75) is 18.6 Å². The van der Waals surface area contributed by atoms with Crippen molar-refractivity contribution in [2.75, 3.05) is 23.8 Å². The number of hydrogen-bond acceptors (Lipinski definition) is 4. The van der Waals surface area contributed by atoms with Crippen LogP contribution in [0.5, 0.6) is 0 Å². The van der Waals surface area contributed by atoms with E-state index < -0.39 is 0 Å². The van der Waals surface area contributed by atoms with E-state index in [1.54, 1.807) is 0 Å². The number of ketones is 1. The molecule has 0 aromatic heterocycles. The average Bonchev–Trinajstić information content (AvgIpc) is 2.15. The Morgan fingerprint density at radius 2 is 2.21 bits per heavy atom. The summed E-state index contributed by atoms with van der Waals surface area (Å²) < 4.78 is 0. The second kappa shape index (κ2) is 6.35. The van der Waals surface area contributed by atoms with Crippen LogP contribution < -0.4 is 5.32 Å². The predicted octanol–water partition coefficient (Wildman–Crippen LogP) is 0.930. The molecule has 1 amide bonds. The lowest BCUT2D eigenvalue weighted by molar-refractivity contribution is -0.127. The van der Waals surface area contributed by atoms with E-state index in [2.05, 4.69) is 5.32 Å². The second-order valence-corrected chi connectivity index (χ2v) is 5.81. The second-order valence-electron chi connectivity index (χ2n) is 3.25. The summed E-state index contributed by atoms with van der Waals surface area (Å²) in [5.74, 6) is 3.26. The van der Waals surface area contributed by atoms with Crippen LogP contribution in [-0.2, 0) is 9.59 Å². The quantitative estimate of drug-likeness (QED) is 0.734. The van der Waals surface area contributed by atoms with Gasteiger partial charge in [-0.3, -0.25) is 9.59 Å². The van der Waals surface area contributed by atoms with Crippen LogP contribution in [0.1, 0.15) is 13.3 Å².